The second kappa shape index (κ2) is 13.5. The molecule has 0 unspecified atom stereocenters. The summed E-state index contributed by atoms with van der Waals surface area (Å²) in [5, 5.41) is 7.71. The highest BCUT2D eigenvalue weighted by Gasteiger charge is 2.30. The number of hydrogen-bond donors (Lipinski definition) is 1. The van der Waals surface area contributed by atoms with Crippen molar-refractivity contribution in [1.29, 1.82) is 0 Å². The highest BCUT2D eigenvalue weighted by molar-refractivity contribution is 5.89. The molecule has 0 radical (unpaired) electrons. The highest BCUT2D eigenvalue weighted by atomic mass is 19.3. The number of rotatable bonds is 9. The second-order valence-electron chi connectivity index (χ2n) is 13.3. The molecule has 3 aliphatic heterocycles. The van der Waals surface area contributed by atoms with E-state index in [1.807, 2.05) is 20.2 Å². The number of anilines is 4. The Morgan fingerprint density at radius 3 is 2.44 bits per heavy atom. The van der Waals surface area contributed by atoms with Crippen LogP contribution in [0.4, 0.5) is 31.5 Å². The van der Waals surface area contributed by atoms with Crippen molar-refractivity contribution < 1.29 is 13.6 Å². The zero-order valence-corrected chi connectivity index (χ0v) is 27.1. The molecule has 1 amide bonds. The highest BCUT2D eigenvalue weighted by Crippen LogP contribution is 2.46. The molecule has 2 aromatic carbocycles. The Bertz CT molecular complexity index is 1490. The number of halogens is 2. The first kappa shape index (κ1) is 31.5. The van der Waals surface area contributed by atoms with Crippen LogP contribution in [0.25, 0.3) is 11.1 Å². The lowest BCUT2D eigenvalue weighted by Crippen LogP contribution is -2.40. The molecule has 4 heterocycles. The Labute approximate surface area is 266 Å². The maximum absolute atomic E-state index is 14.6. The van der Waals surface area contributed by atoms with E-state index in [2.05, 4.69) is 37.2 Å². The van der Waals surface area contributed by atoms with Crippen LogP contribution < -0.4 is 20.0 Å². The predicted molar refractivity (Wildman–Crippen MR) is 178 cm³/mol. The lowest BCUT2D eigenvalue weighted by atomic mass is 9.86. The van der Waals surface area contributed by atoms with E-state index in [0.717, 1.165) is 99.0 Å². The first-order chi connectivity index (χ1) is 21.7. The molecule has 8 nitrogen and oxygen atoms in total. The molecule has 0 saturated carbocycles. The van der Waals surface area contributed by atoms with E-state index in [4.69, 9.17) is 0 Å². The fourth-order valence-corrected chi connectivity index (χ4v) is 7.67. The summed E-state index contributed by atoms with van der Waals surface area (Å²) >= 11 is 0. The number of nitrogens with zero attached hydrogens (tertiary/aromatic N) is 6. The average molecular weight is 620 g/mol. The van der Waals surface area contributed by atoms with Gasteiger partial charge >= 0.3 is 0 Å². The fraction of sp³-hybridized carbons (Fsp3) is 0.543. The van der Waals surface area contributed by atoms with Crippen molar-refractivity contribution in [3.63, 3.8) is 0 Å². The Morgan fingerprint density at radius 1 is 1.04 bits per heavy atom. The summed E-state index contributed by atoms with van der Waals surface area (Å²) in [6.07, 6.45) is 8.03. The Hall–Kier alpha value is -3.50. The van der Waals surface area contributed by atoms with Gasteiger partial charge in [0.15, 0.2) is 0 Å². The standard InChI is InChI=1S/C35H47F2N7O/c1-40(2)34-30(25-9-14-43(15-10-25)21-24-7-11-38-12-8-24)17-28(18-33(34)41(3)23-45)44-13-5-6-26-16-29(27-20-39-42(4)22-27)31(35(36)37)19-32(26)44/h16-20,22-25,35,38H,5-15,21H2,1-4H3. The van der Waals surface area contributed by atoms with Crippen LogP contribution in [0.5, 0.6) is 0 Å². The van der Waals surface area contributed by atoms with Gasteiger partial charge in [-0.25, -0.2) is 8.78 Å². The van der Waals surface area contributed by atoms with E-state index >= 15 is 0 Å². The molecule has 45 heavy (non-hydrogen) atoms. The minimum Gasteiger partial charge on any atom is -0.376 e. The summed E-state index contributed by atoms with van der Waals surface area (Å²) < 4.78 is 30.8. The molecule has 0 aliphatic carbocycles. The summed E-state index contributed by atoms with van der Waals surface area (Å²) in [6, 6.07) is 7.96. The molecule has 2 fully saturated rings. The number of fused-ring (bicyclic) bond motifs is 1. The number of aromatic nitrogens is 2. The molecule has 0 spiro atoms. The lowest BCUT2D eigenvalue weighted by Gasteiger charge is -2.38. The summed E-state index contributed by atoms with van der Waals surface area (Å²) in [4.78, 5) is 20.8. The van der Waals surface area contributed by atoms with Gasteiger partial charge in [-0.2, -0.15) is 5.10 Å². The zero-order valence-electron chi connectivity index (χ0n) is 27.1. The third-order valence-corrected chi connectivity index (χ3v) is 10.0. The van der Waals surface area contributed by atoms with Crippen LogP contribution in [-0.2, 0) is 18.3 Å². The molecule has 2 saturated heterocycles. The van der Waals surface area contributed by atoms with Crippen LogP contribution in [0.3, 0.4) is 0 Å². The lowest BCUT2D eigenvalue weighted by molar-refractivity contribution is -0.107. The quantitative estimate of drug-likeness (QED) is 0.299. The second-order valence-corrected chi connectivity index (χ2v) is 13.3. The zero-order chi connectivity index (χ0) is 31.7. The van der Waals surface area contributed by atoms with Gasteiger partial charge in [-0.3, -0.25) is 9.48 Å². The van der Waals surface area contributed by atoms with Gasteiger partial charge in [0.1, 0.15) is 0 Å². The molecule has 1 aromatic heterocycles. The summed E-state index contributed by atoms with van der Waals surface area (Å²) in [5.41, 5.74) is 7.22. The number of carbonyl (C=O) groups is 1. The minimum atomic E-state index is -2.62. The largest absolute Gasteiger partial charge is 0.376 e. The molecule has 0 atom stereocenters. The maximum Gasteiger partial charge on any atom is 0.264 e. The first-order valence-electron chi connectivity index (χ1n) is 16.4. The number of benzene rings is 2. The number of alkyl halides is 2. The molecule has 6 rings (SSSR count). The van der Waals surface area contributed by atoms with Crippen molar-refractivity contribution in [3.8, 4) is 11.1 Å². The van der Waals surface area contributed by atoms with Gasteiger partial charge in [0, 0.05) is 70.0 Å². The first-order valence-corrected chi connectivity index (χ1v) is 16.4. The normalized spacial score (nSPS) is 18.3. The van der Waals surface area contributed by atoms with Crippen molar-refractivity contribution in [2.75, 3.05) is 75.1 Å². The molecule has 242 valence electrons. The smallest absolute Gasteiger partial charge is 0.264 e. The fourth-order valence-electron chi connectivity index (χ4n) is 7.67. The van der Waals surface area contributed by atoms with E-state index in [0.29, 0.717) is 17.0 Å². The molecule has 3 aliphatic rings. The molecular formula is C35H47F2N7O. The van der Waals surface area contributed by atoms with Gasteiger partial charge < -0.3 is 24.9 Å². The Kier molecular flexibility index (Phi) is 9.42. The number of likely N-dealkylation sites (tertiary alicyclic amines) is 1. The minimum absolute atomic E-state index is 0.0186. The summed E-state index contributed by atoms with van der Waals surface area (Å²) in [5.74, 6) is 1.12. The van der Waals surface area contributed by atoms with E-state index in [1.54, 1.807) is 42.1 Å². The van der Waals surface area contributed by atoms with Crippen LogP contribution in [0, 0.1) is 5.92 Å². The number of hydrogen-bond acceptors (Lipinski definition) is 6. The van der Waals surface area contributed by atoms with E-state index in [-0.39, 0.29) is 5.56 Å². The van der Waals surface area contributed by atoms with Crippen molar-refractivity contribution in [2.45, 2.75) is 50.9 Å². The van der Waals surface area contributed by atoms with E-state index in [1.165, 1.54) is 24.9 Å². The number of nitrogens with one attached hydrogen (secondary N) is 1. The third kappa shape index (κ3) is 6.58. The van der Waals surface area contributed by atoms with Gasteiger partial charge in [0.2, 0.25) is 6.41 Å². The topological polar surface area (TPSA) is 59.9 Å². The molecule has 0 bridgehead atoms. The van der Waals surface area contributed by atoms with Gasteiger partial charge in [0.25, 0.3) is 6.43 Å². The van der Waals surface area contributed by atoms with Crippen molar-refractivity contribution in [3.05, 3.63) is 53.3 Å². The summed E-state index contributed by atoms with van der Waals surface area (Å²) in [6.45, 7) is 6.26. The SMILES string of the molecule is CN(C)c1c(C2CCN(CC3CCNCC3)CC2)cc(N2CCCc3cc(-c4cnn(C)c4)c(C(F)F)cc32)cc1N(C)C=O. The molecular weight excluding hydrogens is 572 g/mol. The van der Waals surface area contributed by atoms with Gasteiger partial charge in [-0.15, -0.1) is 0 Å². The van der Waals surface area contributed by atoms with Gasteiger partial charge in [0.05, 0.1) is 17.6 Å². The maximum atomic E-state index is 14.6. The average Bonchev–Trinajstić information content (AvgIpc) is 3.49. The van der Waals surface area contributed by atoms with Crippen LogP contribution in [0.2, 0.25) is 0 Å². The third-order valence-electron chi connectivity index (χ3n) is 10.0. The Balaban J connectivity index is 1.37. The monoisotopic (exact) mass is 619 g/mol. The number of piperidine rings is 2. The molecule has 3 aromatic rings. The molecule has 10 heteroatoms. The van der Waals surface area contributed by atoms with Crippen molar-refractivity contribution >= 4 is 29.2 Å². The number of carbonyl (C=O) groups excluding carboxylic acids is 1. The number of amides is 1. The van der Waals surface area contributed by atoms with Crippen molar-refractivity contribution in [1.82, 2.24) is 20.0 Å². The van der Waals surface area contributed by atoms with E-state index in [9.17, 15) is 13.6 Å². The number of aryl methyl sites for hydroxylation is 2. The van der Waals surface area contributed by atoms with Crippen LogP contribution in [0.1, 0.15) is 61.1 Å². The summed E-state index contributed by atoms with van der Waals surface area (Å²) in [7, 11) is 7.67. The van der Waals surface area contributed by atoms with Crippen LogP contribution in [0.15, 0.2) is 36.7 Å². The predicted octanol–water partition coefficient (Wildman–Crippen LogP) is 5.95. The Morgan fingerprint density at radius 2 is 1.80 bits per heavy atom. The van der Waals surface area contributed by atoms with Crippen LogP contribution >= 0.6 is 0 Å². The van der Waals surface area contributed by atoms with Crippen molar-refractivity contribution in [2.24, 2.45) is 13.0 Å². The van der Waals surface area contributed by atoms with Gasteiger partial charge in [-0.05, 0) is 117 Å². The van der Waals surface area contributed by atoms with E-state index < -0.39 is 6.43 Å². The molecule has 1 N–H and O–H groups in total. The van der Waals surface area contributed by atoms with Gasteiger partial charge in [-0.1, -0.05) is 0 Å². The van der Waals surface area contributed by atoms with Crippen LogP contribution in [-0.4, -0.2) is 81.5 Å².